The first-order chi connectivity index (χ1) is 15.4. The van der Waals surface area contributed by atoms with Gasteiger partial charge in [0.05, 0.1) is 24.3 Å². The SMILES string of the molecule is COC(=O)c1ccc(CNc2cc(C#N)ccc2CNC(=O)c2cccc(C)c2)c(F)c1. The third-order valence-corrected chi connectivity index (χ3v) is 4.90. The predicted molar refractivity (Wildman–Crippen MR) is 119 cm³/mol. The zero-order chi connectivity index (χ0) is 23.1. The first-order valence-corrected chi connectivity index (χ1v) is 9.89. The highest BCUT2D eigenvalue weighted by molar-refractivity contribution is 5.94. The fraction of sp³-hybridized carbons (Fsp3) is 0.160. The number of anilines is 1. The van der Waals surface area contributed by atoms with E-state index in [1.54, 1.807) is 30.3 Å². The van der Waals surface area contributed by atoms with Crippen LogP contribution in [0.15, 0.2) is 60.7 Å². The molecule has 0 unspecified atom stereocenters. The number of nitrogens with zero attached hydrogens (tertiary/aromatic N) is 1. The molecule has 6 nitrogen and oxygen atoms in total. The van der Waals surface area contributed by atoms with E-state index in [2.05, 4.69) is 21.4 Å². The number of nitrogens with one attached hydrogen (secondary N) is 2. The number of aryl methyl sites for hydroxylation is 1. The van der Waals surface area contributed by atoms with Gasteiger partial charge >= 0.3 is 5.97 Å². The van der Waals surface area contributed by atoms with E-state index in [9.17, 15) is 19.2 Å². The second-order valence-electron chi connectivity index (χ2n) is 7.19. The molecule has 0 aliphatic carbocycles. The lowest BCUT2D eigenvalue weighted by Gasteiger charge is -2.14. The average molecular weight is 431 g/mol. The molecule has 0 fully saturated rings. The van der Waals surface area contributed by atoms with Crippen LogP contribution < -0.4 is 10.6 Å². The molecule has 0 aliphatic heterocycles. The number of halogens is 1. The van der Waals surface area contributed by atoms with Gasteiger partial charge in [0, 0.05) is 29.9 Å². The molecule has 0 saturated heterocycles. The van der Waals surface area contributed by atoms with Crippen LogP contribution in [0.1, 0.15) is 43.0 Å². The van der Waals surface area contributed by atoms with Crippen LogP contribution in [0.25, 0.3) is 0 Å². The molecule has 0 atom stereocenters. The van der Waals surface area contributed by atoms with Crippen molar-refractivity contribution in [3.05, 3.63) is 99.9 Å². The topological polar surface area (TPSA) is 91.2 Å². The Bertz CT molecular complexity index is 1200. The van der Waals surface area contributed by atoms with Crippen molar-refractivity contribution in [3.63, 3.8) is 0 Å². The number of esters is 1. The fourth-order valence-corrected chi connectivity index (χ4v) is 3.15. The summed E-state index contributed by atoms with van der Waals surface area (Å²) in [5.74, 6) is -1.38. The van der Waals surface area contributed by atoms with E-state index < -0.39 is 11.8 Å². The van der Waals surface area contributed by atoms with Gasteiger partial charge in [-0.1, -0.05) is 29.8 Å². The monoisotopic (exact) mass is 431 g/mol. The number of nitriles is 1. The van der Waals surface area contributed by atoms with Gasteiger partial charge in [-0.25, -0.2) is 9.18 Å². The molecule has 3 aromatic rings. The molecule has 0 aliphatic rings. The molecular formula is C25H22FN3O3. The Labute approximate surface area is 185 Å². The third kappa shape index (κ3) is 5.49. The highest BCUT2D eigenvalue weighted by Crippen LogP contribution is 2.20. The maximum absolute atomic E-state index is 14.4. The zero-order valence-corrected chi connectivity index (χ0v) is 17.7. The Balaban J connectivity index is 1.74. The van der Waals surface area contributed by atoms with Gasteiger partial charge in [-0.2, -0.15) is 5.26 Å². The average Bonchev–Trinajstić information content (AvgIpc) is 2.81. The van der Waals surface area contributed by atoms with Crippen LogP contribution in [0.4, 0.5) is 10.1 Å². The molecule has 32 heavy (non-hydrogen) atoms. The van der Waals surface area contributed by atoms with E-state index in [0.29, 0.717) is 22.4 Å². The summed E-state index contributed by atoms with van der Waals surface area (Å²) >= 11 is 0. The normalized spacial score (nSPS) is 10.2. The first kappa shape index (κ1) is 22.5. The van der Waals surface area contributed by atoms with Crippen molar-refractivity contribution in [1.82, 2.24) is 5.32 Å². The van der Waals surface area contributed by atoms with Crippen LogP contribution in [0.2, 0.25) is 0 Å². The van der Waals surface area contributed by atoms with Crippen LogP contribution in [0.3, 0.4) is 0 Å². The molecular weight excluding hydrogens is 409 g/mol. The molecule has 0 heterocycles. The Morgan fingerprint density at radius 3 is 2.47 bits per heavy atom. The second-order valence-corrected chi connectivity index (χ2v) is 7.19. The zero-order valence-electron chi connectivity index (χ0n) is 17.7. The number of hydrogen-bond donors (Lipinski definition) is 2. The van der Waals surface area contributed by atoms with Gasteiger partial charge in [-0.15, -0.1) is 0 Å². The number of carbonyl (C=O) groups excluding carboxylic acids is 2. The molecule has 3 rings (SSSR count). The number of rotatable bonds is 7. The first-order valence-electron chi connectivity index (χ1n) is 9.89. The third-order valence-electron chi connectivity index (χ3n) is 4.90. The molecule has 0 bridgehead atoms. The second kappa shape index (κ2) is 10.2. The van der Waals surface area contributed by atoms with Crippen LogP contribution in [0, 0.1) is 24.1 Å². The molecule has 0 radical (unpaired) electrons. The Hall–Kier alpha value is -4.18. The van der Waals surface area contributed by atoms with E-state index in [4.69, 9.17) is 0 Å². The summed E-state index contributed by atoms with van der Waals surface area (Å²) < 4.78 is 19.0. The summed E-state index contributed by atoms with van der Waals surface area (Å²) in [6.45, 7) is 2.27. The van der Waals surface area contributed by atoms with Crippen LogP contribution in [0.5, 0.6) is 0 Å². The van der Waals surface area contributed by atoms with Gasteiger partial charge in [0.25, 0.3) is 5.91 Å². The lowest BCUT2D eigenvalue weighted by Crippen LogP contribution is -2.23. The number of amides is 1. The standard InChI is InChI=1S/C25H22FN3O3/c1-16-4-3-5-18(10-16)24(30)29-15-21-7-6-17(13-27)11-23(21)28-14-20-9-8-19(12-22(20)26)25(31)32-2/h3-12,28H,14-15H2,1-2H3,(H,29,30). The fourth-order valence-electron chi connectivity index (χ4n) is 3.15. The molecule has 162 valence electrons. The van der Waals surface area contributed by atoms with Gasteiger partial charge < -0.3 is 15.4 Å². The van der Waals surface area contributed by atoms with Crippen molar-refractivity contribution < 1.29 is 18.7 Å². The highest BCUT2D eigenvalue weighted by Gasteiger charge is 2.12. The minimum atomic E-state index is -0.614. The molecule has 3 aromatic carbocycles. The summed E-state index contributed by atoms with van der Waals surface area (Å²) in [7, 11) is 1.23. The van der Waals surface area contributed by atoms with Gasteiger partial charge in [-0.3, -0.25) is 4.79 Å². The number of carbonyl (C=O) groups is 2. The minimum absolute atomic E-state index is 0.125. The largest absolute Gasteiger partial charge is 0.465 e. The molecule has 2 N–H and O–H groups in total. The smallest absolute Gasteiger partial charge is 0.337 e. The molecule has 1 amide bonds. The number of methoxy groups -OCH3 is 1. The lowest BCUT2D eigenvalue weighted by molar-refractivity contribution is 0.0600. The molecule has 7 heteroatoms. The van der Waals surface area contributed by atoms with E-state index in [1.165, 1.54) is 19.2 Å². The van der Waals surface area contributed by atoms with E-state index in [1.807, 2.05) is 19.1 Å². The van der Waals surface area contributed by atoms with Gasteiger partial charge in [0.2, 0.25) is 0 Å². The van der Waals surface area contributed by atoms with Crippen molar-refractivity contribution in [2.45, 2.75) is 20.0 Å². The van der Waals surface area contributed by atoms with Crippen molar-refractivity contribution in [1.29, 1.82) is 5.26 Å². The van der Waals surface area contributed by atoms with Crippen molar-refractivity contribution in [2.75, 3.05) is 12.4 Å². The quantitative estimate of drug-likeness (QED) is 0.543. The molecule has 0 aromatic heterocycles. The highest BCUT2D eigenvalue weighted by atomic mass is 19.1. The Morgan fingerprint density at radius 1 is 1.00 bits per heavy atom. The molecule has 0 saturated carbocycles. The summed E-state index contributed by atoms with van der Waals surface area (Å²) in [6, 6.07) is 18.5. The van der Waals surface area contributed by atoms with Crippen molar-refractivity contribution in [2.24, 2.45) is 0 Å². The maximum atomic E-state index is 14.4. The number of benzene rings is 3. The van der Waals surface area contributed by atoms with Crippen molar-refractivity contribution in [3.8, 4) is 6.07 Å². The Kier molecular flexibility index (Phi) is 7.19. The van der Waals surface area contributed by atoms with Crippen molar-refractivity contribution >= 4 is 17.6 Å². The van der Waals surface area contributed by atoms with Gasteiger partial charge in [0.1, 0.15) is 5.82 Å². The maximum Gasteiger partial charge on any atom is 0.337 e. The summed E-state index contributed by atoms with van der Waals surface area (Å²) in [6.07, 6.45) is 0. The van der Waals surface area contributed by atoms with Gasteiger partial charge in [0.15, 0.2) is 0 Å². The van der Waals surface area contributed by atoms with Crippen LogP contribution in [-0.4, -0.2) is 19.0 Å². The summed E-state index contributed by atoms with van der Waals surface area (Å²) in [5.41, 5.74) is 3.79. The summed E-state index contributed by atoms with van der Waals surface area (Å²) in [5, 5.41) is 15.2. The summed E-state index contributed by atoms with van der Waals surface area (Å²) in [4.78, 5) is 24.0. The van der Waals surface area contributed by atoms with Crippen LogP contribution in [-0.2, 0) is 17.8 Å². The van der Waals surface area contributed by atoms with Crippen LogP contribution >= 0.6 is 0 Å². The van der Waals surface area contributed by atoms with Gasteiger partial charge in [-0.05, 0) is 48.9 Å². The predicted octanol–water partition coefficient (Wildman–Crippen LogP) is 4.33. The van der Waals surface area contributed by atoms with E-state index >= 15 is 0 Å². The number of hydrogen-bond acceptors (Lipinski definition) is 5. The lowest BCUT2D eigenvalue weighted by atomic mass is 10.1. The van der Waals surface area contributed by atoms with E-state index in [-0.39, 0.29) is 24.6 Å². The number of ether oxygens (including phenoxy) is 1. The minimum Gasteiger partial charge on any atom is -0.465 e. The Morgan fingerprint density at radius 2 is 1.78 bits per heavy atom. The molecule has 0 spiro atoms. The van der Waals surface area contributed by atoms with E-state index in [0.717, 1.165) is 17.2 Å².